The van der Waals surface area contributed by atoms with Crippen molar-refractivity contribution in [2.75, 3.05) is 39.3 Å². The molecular formula is C22H29N2O4S+. The number of nitrogens with zero attached hydrogens (tertiary/aromatic N) is 1. The molecule has 7 heteroatoms. The van der Waals surface area contributed by atoms with Crippen molar-refractivity contribution in [3.05, 3.63) is 59.7 Å². The summed E-state index contributed by atoms with van der Waals surface area (Å²) in [4.78, 5) is 13.0. The maximum Gasteiger partial charge on any atom is 0.243 e. The van der Waals surface area contributed by atoms with Gasteiger partial charge in [0.15, 0.2) is 5.78 Å². The van der Waals surface area contributed by atoms with Crippen molar-refractivity contribution in [1.29, 1.82) is 0 Å². The lowest BCUT2D eigenvalue weighted by Gasteiger charge is -2.31. The Kier molecular flexibility index (Phi) is 7.05. The third-order valence-electron chi connectivity index (χ3n) is 5.26. The molecule has 2 aromatic rings. The van der Waals surface area contributed by atoms with Gasteiger partial charge in [0.05, 0.1) is 44.2 Å². The van der Waals surface area contributed by atoms with Crippen LogP contribution >= 0.6 is 0 Å². The zero-order chi connectivity index (χ0) is 20.9. The summed E-state index contributed by atoms with van der Waals surface area (Å²) in [6.07, 6.45) is 0.933. The Morgan fingerprint density at radius 2 is 1.79 bits per heavy atom. The number of nitrogens with one attached hydrogen (secondary N) is 1. The summed E-state index contributed by atoms with van der Waals surface area (Å²) in [6, 6.07) is 14.2. The Balaban J connectivity index is 1.45. The highest BCUT2D eigenvalue weighted by Gasteiger charge is 2.30. The number of hydrogen-bond donors (Lipinski definition) is 1. The number of Topliss-reactive ketones (excluding diaryl/α,β-unsaturated/α-hetero) is 1. The molecule has 0 spiro atoms. The summed E-state index contributed by atoms with van der Waals surface area (Å²) >= 11 is 0. The molecule has 1 heterocycles. The number of piperazine rings is 1. The van der Waals surface area contributed by atoms with E-state index in [0.717, 1.165) is 31.8 Å². The first kappa shape index (κ1) is 21.5. The quantitative estimate of drug-likeness (QED) is 0.523. The minimum atomic E-state index is -3.51. The van der Waals surface area contributed by atoms with E-state index < -0.39 is 10.0 Å². The van der Waals surface area contributed by atoms with E-state index in [9.17, 15) is 13.2 Å². The summed E-state index contributed by atoms with van der Waals surface area (Å²) < 4.78 is 33.0. The molecule has 3 rings (SSSR count). The predicted octanol–water partition coefficient (Wildman–Crippen LogP) is 1.56. The van der Waals surface area contributed by atoms with Crippen LogP contribution in [-0.2, 0) is 10.0 Å². The summed E-state index contributed by atoms with van der Waals surface area (Å²) in [5, 5.41) is 0. The molecule has 0 radical (unpaired) electrons. The van der Waals surface area contributed by atoms with Crippen LogP contribution < -0.4 is 9.64 Å². The SMILES string of the molecule is CC(=O)c1ccc(S(=O)(=O)N2CC[NH+](CCCOc3cccc(C)c3)CC2)cc1. The van der Waals surface area contributed by atoms with E-state index in [0.29, 0.717) is 25.3 Å². The normalized spacial score (nSPS) is 15.9. The second-order valence-corrected chi connectivity index (χ2v) is 9.44. The van der Waals surface area contributed by atoms with Gasteiger partial charge in [-0.05, 0) is 43.7 Å². The lowest BCUT2D eigenvalue weighted by molar-refractivity contribution is -0.903. The van der Waals surface area contributed by atoms with Crippen LogP contribution in [0.2, 0.25) is 0 Å². The van der Waals surface area contributed by atoms with E-state index in [2.05, 4.69) is 0 Å². The second-order valence-electron chi connectivity index (χ2n) is 7.50. The fourth-order valence-corrected chi connectivity index (χ4v) is 4.96. The Hall–Kier alpha value is -2.22. The third-order valence-corrected chi connectivity index (χ3v) is 7.17. The minimum Gasteiger partial charge on any atom is -0.493 e. The van der Waals surface area contributed by atoms with E-state index in [1.165, 1.54) is 29.5 Å². The number of hydrogen-bond acceptors (Lipinski definition) is 4. The zero-order valence-electron chi connectivity index (χ0n) is 17.1. The molecule has 156 valence electrons. The molecule has 0 aliphatic carbocycles. The van der Waals surface area contributed by atoms with Crippen molar-refractivity contribution in [1.82, 2.24) is 4.31 Å². The fourth-order valence-electron chi connectivity index (χ4n) is 3.52. The highest BCUT2D eigenvalue weighted by Crippen LogP contribution is 2.17. The maximum absolute atomic E-state index is 12.8. The van der Waals surface area contributed by atoms with Gasteiger partial charge in [0.25, 0.3) is 0 Å². The van der Waals surface area contributed by atoms with Gasteiger partial charge in [-0.25, -0.2) is 8.42 Å². The molecule has 0 amide bonds. The molecule has 6 nitrogen and oxygen atoms in total. The third kappa shape index (κ3) is 5.65. The lowest BCUT2D eigenvalue weighted by Crippen LogP contribution is -3.14. The number of rotatable bonds is 8. The molecule has 1 aliphatic rings. The highest BCUT2D eigenvalue weighted by molar-refractivity contribution is 7.89. The van der Waals surface area contributed by atoms with Crippen LogP contribution in [0.3, 0.4) is 0 Å². The van der Waals surface area contributed by atoms with Crippen LogP contribution in [0, 0.1) is 6.92 Å². The Bertz CT molecular complexity index is 934. The first-order chi connectivity index (χ1) is 13.9. The first-order valence-corrected chi connectivity index (χ1v) is 11.4. The monoisotopic (exact) mass is 417 g/mol. The van der Waals surface area contributed by atoms with Crippen molar-refractivity contribution < 1.29 is 22.8 Å². The molecule has 0 atom stereocenters. The van der Waals surface area contributed by atoms with E-state index in [4.69, 9.17) is 4.74 Å². The molecule has 29 heavy (non-hydrogen) atoms. The van der Waals surface area contributed by atoms with E-state index in [1.807, 2.05) is 31.2 Å². The predicted molar refractivity (Wildman–Crippen MR) is 112 cm³/mol. The number of ether oxygens (including phenoxy) is 1. The molecule has 1 aliphatic heterocycles. The molecule has 0 saturated carbocycles. The van der Waals surface area contributed by atoms with Gasteiger partial charge in [-0.1, -0.05) is 24.3 Å². The number of carbonyl (C=O) groups excluding carboxylic acids is 1. The number of ketones is 1. The average Bonchev–Trinajstić information content (AvgIpc) is 2.72. The van der Waals surface area contributed by atoms with Crippen molar-refractivity contribution in [3.8, 4) is 5.75 Å². The minimum absolute atomic E-state index is 0.0717. The van der Waals surface area contributed by atoms with Crippen molar-refractivity contribution in [3.63, 3.8) is 0 Å². The zero-order valence-corrected chi connectivity index (χ0v) is 17.9. The smallest absolute Gasteiger partial charge is 0.243 e. The van der Waals surface area contributed by atoms with E-state index >= 15 is 0 Å². The topological polar surface area (TPSA) is 68.1 Å². The molecular weight excluding hydrogens is 388 g/mol. The molecule has 1 fully saturated rings. The van der Waals surface area contributed by atoms with Gasteiger partial charge in [0, 0.05) is 12.0 Å². The van der Waals surface area contributed by atoms with Gasteiger partial charge in [-0.15, -0.1) is 0 Å². The number of aryl methyl sites for hydroxylation is 1. The average molecular weight is 418 g/mol. The summed E-state index contributed by atoms with van der Waals surface area (Å²) in [7, 11) is -3.51. The lowest BCUT2D eigenvalue weighted by atomic mass is 10.2. The van der Waals surface area contributed by atoms with Gasteiger partial charge in [0.2, 0.25) is 10.0 Å². The Labute approximate surface area is 173 Å². The van der Waals surface area contributed by atoms with E-state index in [1.54, 1.807) is 16.4 Å². The van der Waals surface area contributed by atoms with Gasteiger partial charge >= 0.3 is 0 Å². The summed E-state index contributed by atoms with van der Waals surface area (Å²) in [6.45, 7) is 7.73. The number of benzene rings is 2. The molecule has 0 unspecified atom stereocenters. The molecule has 2 aromatic carbocycles. The van der Waals surface area contributed by atoms with Gasteiger partial charge < -0.3 is 9.64 Å². The van der Waals surface area contributed by atoms with Crippen LogP contribution in [0.25, 0.3) is 0 Å². The Morgan fingerprint density at radius 1 is 1.10 bits per heavy atom. The summed E-state index contributed by atoms with van der Waals surface area (Å²) in [5.74, 6) is 0.823. The van der Waals surface area contributed by atoms with Crippen LogP contribution in [0.1, 0.15) is 29.3 Å². The molecule has 1 N–H and O–H groups in total. The van der Waals surface area contributed by atoms with Crippen molar-refractivity contribution >= 4 is 15.8 Å². The number of carbonyl (C=O) groups is 1. The van der Waals surface area contributed by atoms with Crippen LogP contribution in [0.15, 0.2) is 53.4 Å². The van der Waals surface area contributed by atoms with E-state index in [-0.39, 0.29) is 10.7 Å². The van der Waals surface area contributed by atoms with Gasteiger partial charge in [-0.2, -0.15) is 4.31 Å². The second kappa shape index (κ2) is 9.52. The number of quaternary nitrogens is 1. The van der Waals surface area contributed by atoms with Crippen LogP contribution in [0.4, 0.5) is 0 Å². The van der Waals surface area contributed by atoms with Crippen molar-refractivity contribution in [2.45, 2.75) is 25.2 Å². The molecule has 1 saturated heterocycles. The largest absolute Gasteiger partial charge is 0.493 e. The van der Waals surface area contributed by atoms with Crippen molar-refractivity contribution in [2.24, 2.45) is 0 Å². The highest BCUT2D eigenvalue weighted by atomic mass is 32.2. The first-order valence-electron chi connectivity index (χ1n) is 10.0. The molecule has 0 aromatic heterocycles. The summed E-state index contributed by atoms with van der Waals surface area (Å²) in [5.41, 5.74) is 1.70. The van der Waals surface area contributed by atoms with Crippen LogP contribution in [0.5, 0.6) is 5.75 Å². The van der Waals surface area contributed by atoms with Gasteiger partial charge in [0.1, 0.15) is 5.75 Å². The van der Waals surface area contributed by atoms with Crippen LogP contribution in [-0.4, -0.2) is 57.8 Å². The van der Waals surface area contributed by atoms with Gasteiger partial charge in [-0.3, -0.25) is 4.79 Å². The standard InChI is InChI=1S/C22H28N2O4S/c1-18-5-3-6-21(17-18)28-16-4-11-23-12-14-24(15-13-23)29(26,27)22-9-7-20(8-10-22)19(2)25/h3,5-10,17H,4,11-16H2,1-2H3/p+1. The number of sulfonamides is 1. The maximum atomic E-state index is 12.8. The molecule has 0 bridgehead atoms. The fraction of sp³-hybridized carbons (Fsp3) is 0.409. The Morgan fingerprint density at radius 3 is 2.41 bits per heavy atom.